The molecule has 1 aliphatic rings. The van der Waals surface area contributed by atoms with Gasteiger partial charge in [-0.05, 0) is 17.5 Å². The summed E-state index contributed by atoms with van der Waals surface area (Å²) in [5.41, 5.74) is 1.26. The first-order valence-electron chi connectivity index (χ1n) is 8.56. The lowest BCUT2D eigenvalue weighted by Gasteiger charge is -2.23. The van der Waals surface area contributed by atoms with E-state index in [-0.39, 0.29) is 13.2 Å². The molecule has 1 amide bonds. The maximum absolute atomic E-state index is 11.8. The van der Waals surface area contributed by atoms with Crippen LogP contribution in [0.15, 0.2) is 60.7 Å². The Morgan fingerprint density at radius 3 is 2.40 bits per heavy atom. The minimum absolute atomic E-state index is 0.200. The molecule has 0 aromatic heterocycles. The van der Waals surface area contributed by atoms with Crippen LogP contribution < -0.4 is 5.32 Å². The van der Waals surface area contributed by atoms with Crippen LogP contribution in [0.2, 0.25) is 0 Å². The summed E-state index contributed by atoms with van der Waals surface area (Å²) in [6.07, 6.45) is 0.137. The van der Waals surface area contributed by atoms with E-state index in [9.17, 15) is 9.90 Å². The number of benzene rings is 2. The average molecular weight is 340 g/mol. The second-order valence-electron chi connectivity index (χ2n) is 6.59. The fourth-order valence-electron chi connectivity index (χ4n) is 3.07. The van der Waals surface area contributed by atoms with E-state index in [0.717, 1.165) is 18.7 Å². The van der Waals surface area contributed by atoms with Crippen molar-refractivity contribution in [3.63, 3.8) is 0 Å². The summed E-state index contributed by atoms with van der Waals surface area (Å²) >= 11 is 0. The number of alkyl carbamates (subject to hydrolysis) is 1. The van der Waals surface area contributed by atoms with E-state index in [4.69, 9.17) is 4.74 Å². The Kier molecular flexibility index (Phi) is 5.68. The van der Waals surface area contributed by atoms with Gasteiger partial charge in [-0.3, -0.25) is 4.90 Å². The van der Waals surface area contributed by atoms with Crippen LogP contribution in [0.4, 0.5) is 4.79 Å². The van der Waals surface area contributed by atoms with Crippen molar-refractivity contribution >= 4 is 6.09 Å². The summed E-state index contributed by atoms with van der Waals surface area (Å²) < 4.78 is 5.18. The summed E-state index contributed by atoms with van der Waals surface area (Å²) in [6.45, 7) is 2.59. The Morgan fingerprint density at radius 2 is 1.72 bits per heavy atom. The van der Waals surface area contributed by atoms with Gasteiger partial charge in [0, 0.05) is 19.6 Å². The van der Waals surface area contributed by atoms with Crippen molar-refractivity contribution in [2.24, 2.45) is 0 Å². The molecule has 0 bridgehead atoms. The van der Waals surface area contributed by atoms with E-state index in [2.05, 4.69) is 22.3 Å². The molecule has 132 valence electrons. The standard InChI is InChI=1S/C20H24N2O3/c23-19(25-14-18-9-5-2-6-10-18)21-15-20(24)11-12-22(16-20)13-17-7-3-1-4-8-17/h1-10,24H,11-16H2,(H,21,23). The minimum atomic E-state index is -0.902. The first-order chi connectivity index (χ1) is 12.1. The van der Waals surface area contributed by atoms with Crippen molar-refractivity contribution < 1.29 is 14.6 Å². The SMILES string of the molecule is O=C(NCC1(O)CCN(Cc2ccccc2)C1)OCc1ccccc1. The molecule has 1 saturated heterocycles. The van der Waals surface area contributed by atoms with Crippen LogP contribution in [-0.4, -0.2) is 41.3 Å². The van der Waals surface area contributed by atoms with Crippen molar-refractivity contribution in [3.8, 4) is 0 Å². The molecule has 1 aliphatic heterocycles. The lowest BCUT2D eigenvalue weighted by Crippen LogP contribution is -2.45. The third kappa shape index (κ3) is 5.31. The number of aliphatic hydroxyl groups is 1. The zero-order valence-corrected chi connectivity index (χ0v) is 14.2. The summed E-state index contributed by atoms with van der Waals surface area (Å²) in [5.74, 6) is 0. The zero-order chi connectivity index (χ0) is 17.5. The van der Waals surface area contributed by atoms with Gasteiger partial charge in [-0.2, -0.15) is 0 Å². The van der Waals surface area contributed by atoms with Gasteiger partial charge < -0.3 is 15.2 Å². The largest absolute Gasteiger partial charge is 0.445 e. The molecule has 0 saturated carbocycles. The summed E-state index contributed by atoms with van der Waals surface area (Å²) in [4.78, 5) is 14.0. The fraction of sp³-hybridized carbons (Fsp3) is 0.350. The lowest BCUT2D eigenvalue weighted by molar-refractivity contribution is 0.0453. The van der Waals surface area contributed by atoms with Crippen LogP contribution in [0.1, 0.15) is 17.5 Å². The molecule has 2 aromatic rings. The van der Waals surface area contributed by atoms with Gasteiger partial charge in [-0.15, -0.1) is 0 Å². The van der Waals surface area contributed by atoms with Gasteiger partial charge in [-0.1, -0.05) is 60.7 Å². The quantitative estimate of drug-likeness (QED) is 0.848. The number of hydrogen-bond acceptors (Lipinski definition) is 4. The summed E-state index contributed by atoms with van der Waals surface area (Å²) in [5, 5.41) is 13.3. The average Bonchev–Trinajstić information content (AvgIpc) is 3.01. The molecule has 0 aliphatic carbocycles. The number of ether oxygens (including phenoxy) is 1. The highest BCUT2D eigenvalue weighted by Gasteiger charge is 2.36. The van der Waals surface area contributed by atoms with Crippen molar-refractivity contribution in [2.45, 2.75) is 25.2 Å². The van der Waals surface area contributed by atoms with Crippen molar-refractivity contribution in [2.75, 3.05) is 19.6 Å². The van der Waals surface area contributed by atoms with Crippen molar-refractivity contribution in [1.29, 1.82) is 0 Å². The third-order valence-electron chi connectivity index (χ3n) is 4.43. The Hall–Kier alpha value is -2.37. The number of carbonyl (C=O) groups excluding carboxylic acids is 1. The number of carbonyl (C=O) groups is 1. The van der Waals surface area contributed by atoms with Crippen LogP contribution in [0, 0.1) is 0 Å². The topological polar surface area (TPSA) is 61.8 Å². The molecule has 0 radical (unpaired) electrons. The molecular formula is C20H24N2O3. The molecule has 5 heteroatoms. The molecule has 2 N–H and O–H groups in total. The van der Waals surface area contributed by atoms with Gasteiger partial charge in [0.1, 0.15) is 6.61 Å². The molecule has 1 heterocycles. The highest BCUT2D eigenvalue weighted by atomic mass is 16.5. The number of nitrogens with one attached hydrogen (secondary N) is 1. The molecule has 3 rings (SSSR count). The molecule has 25 heavy (non-hydrogen) atoms. The maximum Gasteiger partial charge on any atom is 0.407 e. The van der Waals surface area contributed by atoms with Crippen molar-refractivity contribution in [1.82, 2.24) is 10.2 Å². The van der Waals surface area contributed by atoms with Gasteiger partial charge in [0.15, 0.2) is 0 Å². The number of hydrogen-bond donors (Lipinski definition) is 2. The van der Waals surface area contributed by atoms with Crippen LogP contribution in [-0.2, 0) is 17.9 Å². The predicted molar refractivity (Wildman–Crippen MR) is 95.9 cm³/mol. The number of amides is 1. The third-order valence-corrected chi connectivity index (χ3v) is 4.43. The molecule has 0 spiro atoms. The fourth-order valence-corrected chi connectivity index (χ4v) is 3.07. The molecular weight excluding hydrogens is 316 g/mol. The Labute approximate surface area is 148 Å². The lowest BCUT2D eigenvalue weighted by atomic mass is 10.0. The van der Waals surface area contributed by atoms with Gasteiger partial charge in [0.2, 0.25) is 0 Å². The Morgan fingerprint density at radius 1 is 1.08 bits per heavy atom. The smallest absolute Gasteiger partial charge is 0.407 e. The Bertz CT molecular complexity index is 678. The molecule has 1 fully saturated rings. The predicted octanol–water partition coefficient (Wildman–Crippen LogP) is 2.55. The number of β-amino-alcohol motifs (C(OH)–C–C–N with tert-alkyl or cyclic N) is 1. The van der Waals surface area contributed by atoms with Crippen molar-refractivity contribution in [3.05, 3.63) is 71.8 Å². The van der Waals surface area contributed by atoms with E-state index in [1.807, 2.05) is 48.5 Å². The van der Waals surface area contributed by atoms with Crippen LogP contribution in [0.5, 0.6) is 0 Å². The van der Waals surface area contributed by atoms with Gasteiger partial charge in [0.05, 0.1) is 12.1 Å². The van der Waals surface area contributed by atoms with Crippen LogP contribution in [0.25, 0.3) is 0 Å². The van der Waals surface area contributed by atoms with E-state index in [0.29, 0.717) is 13.0 Å². The zero-order valence-electron chi connectivity index (χ0n) is 14.2. The Balaban J connectivity index is 1.41. The highest BCUT2D eigenvalue weighted by molar-refractivity contribution is 5.67. The van der Waals surface area contributed by atoms with Gasteiger partial charge in [0.25, 0.3) is 0 Å². The van der Waals surface area contributed by atoms with Crippen LogP contribution in [0.3, 0.4) is 0 Å². The van der Waals surface area contributed by atoms with E-state index < -0.39 is 11.7 Å². The van der Waals surface area contributed by atoms with E-state index in [1.54, 1.807) is 0 Å². The maximum atomic E-state index is 11.8. The number of rotatable bonds is 6. The summed E-state index contributed by atoms with van der Waals surface area (Å²) in [6, 6.07) is 19.7. The first-order valence-corrected chi connectivity index (χ1v) is 8.56. The molecule has 2 aromatic carbocycles. The molecule has 1 atom stereocenters. The van der Waals surface area contributed by atoms with Gasteiger partial charge >= 0.3 is 6.09 Å². The second-order valence-corrected chi connectivity index (χ2v) is 6.59. The second kappa shape index (κ2) is 8.14. The van der Waals surface area contributed by atoms with Crippen LogP contribution >= 0.6 is 0 Å². The first kappa shape index (κ1) is 17.5. The number of nitrogens with zero attached hydrogens (tertiary/aromatic N) is 1. The summed E-state index contributed by atoms with van der Waals surface area (Å²) in [7, 11) is 0. The normalized spacial score (nSPS) is 20.4. The molecule has 5 nitrogen and oxygen atoms in total. The molecule has 1 unspecified atom stereocenters. The monoisotopic (exact) mass is 340 g/mol. The van der Waals surface area contributed by atoms with E-state index >= 15 is 0 Å². The van der Waals surface area contributed by atoms with E-state index in [1.165, 1.54) is 5.56 Å². The van der Waals surface area contributed by atoms with Gasteiger partial charge in [-0.25, -0.2) is 4.79 Å². The highest BCUT2D eigenvalue weighted by Crippen LogP contribution is 2.22. The number of likely N-dealkylation sites (tertiary alicyclic amines) is 1. The minimum Gasteiger partial charge on any atom is -0.445 e.